The Hall–Kier alpha value is -3.19. The monoisotopic (exact) mass is 443 g/mol. The maximum Gasteiger partial charge on any atom is 0.230 e. The van der Waals surface area contributed by atoms with Gasteiger partial charge in [-0.15, -0.1) is 0 Å². The molecule has 3 aliphatic rings. The van der Waals surface area contributed by atoms with Crippen molar-refractivity contribution >= 4 is 23.1 Å². The van der Waals surface area contributed by atoms with E-state index in [-0.39, 0.29) is 17.9 Å². The van der Waals surface area contributed by atoms with Crippen LogP contribution < -0.4 is 10.2 Å². The summed E-state index contributed by atoms with van der Waals surface area (Å²) in [5, 5.41) is 8.03. The minimum Gasteiger partial charge on any atom is -0.381 e. The molecular formula is C26H29N5O2. The van der Waals surface area contributed by atoms with Gasteiger partial charge in [0.05, 0.1) is 36.3 Å². The fourth-order valence-electron chi connectivity index (χ4n) is 5.09. The first-order valence-electron chi connectivity index (χ1n) is 11.9. The van der Waals surface area contributed by atoms with Crippen molar-refractivity contribution in [2.45, 2.75) is 57.2 Å². The first-order valence-corrected chi connectivity index (χ1v) is 11.9. The van der Waals surface area contributed by atoms with Crippen LogP contribution in [0.15, 0.2) is 48.9 Å². The summed E-state index contributed by atoms with van der Waals surface area (Å²) in [5.74, 6) is 1.02. The van der Waals surface area contributed by atoms with Gasteiger partial charge in [-0.3, -0.25) is 9.48 Å². The maximum absolute atomic E-state index is 13.8. The number of anilines is 3. The lowest BCUT2D eigenvalue weighted by atomic mass is 9.86. The minimum absolute atomic E-state index is 0.0174. The zero-order valence-electron chi connectivity index (χ0n) is 18.9. The molecule has 2 aliphatic carbocycles. The summed E-state index contributed by atoms with van der Waals surface area (Å²) in [4.78, 5) is 20.3. The Morgan fingerprint density at radius 3 is 2.73 bits per heavy atom. The van der Waals surface area contributed by atoms with E-state index in [0.717, 1.165) is 59.6 Å². The van der Waals surface area contributed by atoms with E-state index >= 15 is 0 Å². The summed E-state index contributed by atoms with van der Waals surface area (Å²) in [5.41, 5.74) is 4.99. The highest BCUT2D eigenvalue weighted by Gasteiger charge is 2.33. The highest BCUT2D eigenvalue weighted by molar-refractivity contribution is 6.00. The van der Waals surface area contributed by atoms with Crippen LogP contribution in [-0.2, 0) is 16.1 Å². The molecule has 7 nitrogen and oxygen atoms in total. The van der Waals surface area contributed by atoms with Crippen molar-refractivity contribution in [3.8, 4) is 11.1 Å². The molecule has 0 spiro atoms. The largest absolute Gasteiger partial charge is 0.381 e. The Morgan fingerprint density at radius 1 is 1.09 bits per heavy atom. The standard InChI is InChI=1S/C26H29N5O2/c1-33-22-9-4-17(5-10-22)26(32)30-15-19-3-2-12-27-25(19)29-23-11-6-18(13-24(23)30)20-14-28-31(16-20)21-7-8-21/h2-3,6,11-14,16-17,21-22H,4-5,7-10,15H2,1H3,(H,27,29). The number of carbonyl (C=O) groups excluding carboxylic acids is 1. The van der Waals surface area contributed by atoms with Gasteiger partial charge < -0.3 is 15.0 Å². The van der Waals surface area contributed by atoms with E-state index in [1.807, 2.05) is 23.2 Å². The van der Waals surface area contributed by atoms with Crippen LogP contribution in [0.3, 0.4) is 0 Å². The van der Waals surface area contributed by atoms with Crippen molar-refractivity contribution < 1.29 is 9.53 Å². The molecule has 1 aliphatic heterocycles. The zero-order chi connectivity index (χ0) is 22.4. The number of fused-ring (bicyclic) bond motifs is 2. The van der Waals surface area contributed by atoms with Gasteiger partial charge in [0.2, 0.25) is 5.91 Å². The average Bonchev–Trinajstić information content (AvgIpc) is 3.62. The van der Waals surface area contributed by atoms with Gasteiger partial charge in [0.1, 0.15) is 5.82 Å². The quantitative estimate of drug-likeness (QED) is 0.609. The van der Waals surface area contributed by atoms with E-state index in [1.54, 1.807) is 13.3 Å². The third-order valence-electron chi connectivity index (χ3n) is 7.24. The average molecular weight is 444 g/mol. The topological polar surface area (TPSA) is 72.3 Å². The fourth-order valence-corrected chi connectivity index (χ4v) is 5.09. The summed E-state index contributed by atoms with van der Waals surface area (Å²) in [7, 11) is 1.76. The molecule has 1 N–H and O–H groups in total. The van der Waals surface area contributed by atoms with Crippen molar-refractivity contribution in [3.63, 3.8) is 0 Å². The van der Waals surface area contributed by atoms with Crippen molar-refractivity contribution in [2.75, 3.05) is 17.3 Å². The molecule has 6 rings (SSSR count). The van der Waals surface area contributed by atoms with Gasteiger partial charge >= 0.3 is 0 Å². The predicted molar refractivity (Wildman–Crippen MR) is 127 cm³/mol. The van der Waals surface area contributed by atoms with Gasteiger partial charge in [0, 0.05) is 36.5 Å². The fraction of sp³-hybridized carbons (Fsp3) is 0.423. The van der Waals surface area contributed by atoms with Gasteiger partial charge in [0.25, 0.3) is 0 Å². The molecular weight excluding hydrogens is 414 g/mol. The van der Waals surface area contributed by atoms with Crippen molar-refractivity contribution in [1.82, 2.24) is 14.8 Å². The molecule has 0 radical (unpaired) electrons. The number of nitrogens with one attached hydrogen (secondary N) is 1. The first-order chi connectivity index (χ1) is 16.2. The van der Waals surface area contributed by atoms with Crippen LogP contribution in [-0.4, -0.2) is 33.9 Å². The smallest absolute Gasteiger partial charge is 0.230 e. The van der Waals surface area contributed by atoms with Crippen molar-refractivity contribution in [2.24, 2.45) is 5.92 Å². The summed E-state index contributed by atoms with van der Waals surface area (Å²) >= 11 is 0. The predicted octanol–water partition coefficient (Wildman–Crippen LogP) is 5.08. The molecule has 2 fully saturated rings. The lowest BCUT2D eigenvalue weighted by Crippen LogP contribution is -2.38. The molecule has 2 saturated carbocycles. The maximum atomic E-state index is 13.8. The zero-order valence-corrected chi connectivity index (χ0v) is 18.9. The Balaban J connectivity index is 1.37. The summed E-state index contributed by atoms with van der Waals surface area (Å²) in [6.07, 6.45) is 12.1. The number of rotatable bonds is 4. The third-order valence-corrected chi connectivity index (χ3v) is 7.24. The van der Waals surface area contributed by atoms with E-state index in [0.29, 0.717) is 12.6 Å². The minimum atomic E-state index is 0.0174. The number of ether oxygens (including phenoxy) is 1. The van der Waals surface area contributed by atoms with Crippen LogP contribution in [0.1, 0.15) is 50.1 Å². The number of amides is 1. The number of carbonyl (C=O) groups is 1. The number of pyridine rings is 1. The third kappa shape index (κ3) is 3.91. The van der Waals surface area contributed by atoms with Gasteiger partial charge in [-0.1, -0.05) is 12.1 Å². The normalized spacial score (nSPS) is 22.2. The van der Waals surface area contributed by atoms with Crippen molar-refractivity contribution in [1.29, 1.82) is 0 Å². The summed E-state index contributed by atoms with van der Waals surface area (Å²) in [6.45, 7) is 0.511. The van der Waals surface area contributed by atoms with E-state index in [4.69, 9.17) is 4.74 Å². The number of nitrogens with zero attached hydrogens (tertiary/aromatic N) is 4. The highest BCUT2D eigenvalue weighted by atomic mass is 16.5. The molecule has 3 heterocycles. The van der Waals surface area contributed by atoms with Crippen LogP contribution in [0.2, 0.25) is 0 Å². The summed E-state index contributed by atoms with van der Waals surface area (Å²) < 4.78 is 7.59. The van der Waals surface area contributed by atoms with E-state index in [2.05, 4.69) is 44.5 Å². The molecule has 1 amide bonds. The number of hydrogen-bond acceptors (Lipinski definition) is 5. The van der Waals surface area contributed by atoms with E-state index in [1.165, 1.54) is 12.8 Å². The molecule has 7 heteroatoms. The lowest BCUT2D eigenvalue weighted by Gasteiger charge is -2.32. The van der Waals surface area contributed by atoms with Crippen LogP contribution in [0.5, 0.6) is 0 Å². The second-order valence-electron chi connectivity index (χ2n) is 9.44. The molecule has 3 aromatic rings. The lowest BCUT2D eigenvalue weighted by molar-refractivity contribution is -0.124. The van der Waals surface area contributed by atoms with Gasteiger partial charge in [-0.05, 0) is 62.3 Å². The van der Waals surface area contributed by atoms with Gasteiger partial charge in [0.15, 0.2) is 0 Å². The number of benzene rings is 1. The molecule has 0 bridgehead atoms. The van der Waals surface area contributed by atoms with Gasteiger partial charge in [-0.2, -0.15) is 5.10 Å². The molecule has 0 atom stereocenters. The number of hydrogen-bond donors (Lipinski definition) is 1. The van der Waals surface area contributed by atoms with Crippen LogP contribution in [0, 0.1) is 5.92 Å². The van der Waals surface area contributed by atoms with Crippen LogP contribution in [0.4, 0.5) is 17.2 Å². The molecule has 0 unspecified atom stereocenters. The molecule has 1 aromatic carbocycles. The van der Waals surface area contributed by atoms with Gasteiger partial charge in [-0.25, -0.2) is 4.98 Å². The Morgan fingerprint density at radius 2 is 1.94 bits per heavy atom. The first kappa shape index (κ1) is 20.4. The van der Waals surface area contributed by atoms with Crippen LogP contribution in [0.25, 0.3) is 11.1 Å². The van der Waals surface area contributed by atoms with Crippen molar-refractivity contribution in [3.05, 3.63) is 54.5 Å². The number of aromatic nitrogens is 3. The van der Waals surface area contributed by atoms with E-state index < -0.39 is 0 Å². The van der Waals surface area contributed by atoms with Crippen LogP contribution >= 0.6 is 0 Å². The molecule has 2 aromatic heterocycles. The highest BCUT2D eigenvalue weighted by Crippen LogP contribution is 2.40. The Kier molecular flexibility index (Phi) is 5.14. The Labute approximate surface area is 193 Å². The molecule has 170 valence electrons. The summed E-state index contributed by atoms with van der Waals surface area (Å²) in [6, 6.07) is 10.8. The van der Waals surface area contributed by atoms with E-state index in [9.17, 15) is 4.79 Å². The second kappa shape index (κ2) is 8.30. The second-order valence-corrected chi connectivity index (χ2v) is 9.44. The number of methoxy groups -OCH3 is 1. The SMILES string of the molecule is COC1CCC(C(=O)N2Cc3cccnc3Nc3ccc(-c4cnn(C5CC5)c4)cc32)CC1. The Bertz CT molecular complexity index is 1180. The molecule has 0 saturated heterocycles. The molecule has 33 heavy (non-hydrogen) atoms.